The van der Waals surface area contributed by atoms with E-state index in [-0.39, 0.29) is 5.91 Å². The topological polar surface area (TPSA) is 58.1 Å². The van der Waals surface area contributed by atoms with Gasteiger partial charge in [0.2, 0.25) is 5.91 Å². The maximum absolute atomic E-state index is 12.1. The number of hydrogen-bond donors (Lipinski definition) is 1. The number of anilines is 1. The van der Waals surface area contributed by atoms with Gasteiger partial charge in [-0.2, -0.15) is 0 Å². The summed E-state index contributed by atoms with van der Waals surface area (Å²) in [5.41, 5.74) is 0.894. The fourth-order valence-electron chi connectivity index (χ4n) is 2.93. The number of nitrogens with zero attached hydrogens (tertiary/aromatic N) is 3. The molecular formula is C16H20N4O. The maximum Gasteiger partial charge on any atom is 0.239 e. The van der Waals surface area contributed by atoms with Gasteiger partial charge in [-0.05, 0) is 25.0 Å². The van der Waals surface area contributed by atoms with Crippen molar-refractivity contribution in [3.8, 4) is 0 Å². The van der Waals surface area contributed by atoms with E-state index in [1.807, 2.05) is 36.2 Å². The molecule has 110 valence electrons. The molecule has 1 aliphatic carbocycles. The van der Waals surface area contributed by atoms with Gasteiger partial charge in [0.15, 0.2) is 0 Å². The number of para-hydroxylation sites is 1. The largest absolute Gasteiger partial charge is 0.352 e. The van der Waals surface area contributed by atoms with Crippen LogP contribution in [0, 0.1) is 0 Å². The summed E-state index contributed by atoms with van der Waals surface area (Å²) >= 11 is 0. The molecule has 0 bridgehead atoms. The van der Waals surface area contributed by atoms with Crippen molar-refractivity contribution in [2.45, 2.75) is 31.7 Å². The van der Waals surface area contributed by atoms with Crippen molar-refractivity contribution >= 4 is 22.6 Å². The number of carbonyl (C=O) groups excluding carboxylic acids is 1. The highest BCUT2D eigenvalue weighted by Crippen LogP contribution is 2.21. The molecule has 1 heterocycles. The van der Waals surface area contributed by atoms with Crippen LogP contribution in [0.2, 0.25) is 0 Å². The maximum atomic E-state index is 12.1. The zero-order valence-electron chi connectivity index (χ0n) is 12.2. The molecular weight excluding hydrogens is 264 g/mol. The predicted molar refractivity (Wildman–Crippen MR) is 83.2 cm³/mol. The Kier molecular flexibility index (Phi) is 3.99. The van der Waals surface area contributed by atoms with E-state index in [0.717, 1.165) is 29.6 Å². The molecule has 0 atom stereocenters. The first kappa shape index (κ1) is 13.8. The second-order valence-electron chi connectivity index (χ2n) is 5.62. The lowest BCUT2D eigenvalue weighted by molar-refractivity contribution is -0.120. The fourth-order valence-corrected chi connectivity index (χ4v) is 2.93. The van der Waals surface area contributed by atoms with Gasteiger partial charge in [-0.15, -0.1) is 0 Å². The number of benzene rings is 1. The summed E-state index contributed by atoms with van der Waals surface area (Å²) in [7, 11) is 1.89. The summed E-state index contributed by atoms with van der Waals surface area (Å²) in [6.45, 7) is 0.317. The lowest BCUT2D eigenvalue weighted by Gasteiger charge is -2.20. The van der Waals surface area contributed by atoms with E-state index in [4.69, 9.17) is 0 Å². The zero-order valence-corrected chi connectivity index (χ0v) is 12.2. The molecule has 1 aliphatic rings. The molecule has 1 aromatic carbocycles. The molecule has 0 radical (unpaired) electrons. The standard InChI is InChI=1S/C16H20N4O/c1-20(10-15(21)19-12-6-2-3-7-12)16-13-8-4-5-9-14(13)17-11-18-16/h4-5,8-9,11-12H,2-3,6-7,10H2,1H3,(H,19,21). The van der Waals surface area contributed by atoms with Crippen LogP contribution in [0.3, 0.4) is 0 Å². The van der Waals surface area contributed by atoms with Crippen molar-refractivity contribution in [2.75, 3.05) is 18.5 Å². The lowest BCUT2D eigenvalue weighted by Crippen LogP contribution is -2.40. The number of amides is 1. The van der Waals surface area contributed by atoms with Gasteiger partial charge < -0.3 is 10.2 Å². The normalized spacial score (nSPS) is 15.3. The Labute approximate surface area is 124 Å². The molecule has 5 heteroatoms. The third kappa shape index (κ3) is 3.12. The summed E-state index contributed by atoms with van der Waals surface area (Å²) in [6, 6.07) is 8.20. The van der Waals surface area contributed by atoms with E-state index in [1.54, 1.807) is 6.33 Å². The van der Waals surface area contributed by atoms with E-state index in [1.165, 1.54) is 12.8 Å². The van der Waals surface area contributed by atoms with E-state index in [2.05, 4.69) is 15.3 Å². The minimum atomic E-state index is 0.0621. The summed E-state index contributed by atoms with van der Waals surface area (Å²) in [5, 5.41) is 4.07. The SMILES string of the molecule is CN(CC(=O)NC1CCCC1)c1ncnc2ccccc12. The summed E-state index contributed by atoms with van der Waals surface area (Å²) < 4.78 is 0. The quantitative estimate of drug-likeness (QED) is 0.934. The van der Waals surface area contributed by atoms with E-state index >= 15 is 0 Å². The van der Waals surface area contributed by atoms with Crippen molar-refractivity contribution in [2.24, 2.45) is 0 Å². The molecule has 2 aromatic rings. The van der Waals surface area contributed by atoms with Crippen LogP contribution in [-0.2, 0) is 4.79 Å². The summed E-state index contributed by atoms with van der Waals surface area (Å²) in [4.78, 5) is 22.6. The third-order valence-electron chi connectivity index (χ3n) is 3.98. The Balaban J connectivity index is 1.71. The summed E-state index contributed by atoms with van der Waals surface area (Å²) in [5.74, 6) is 0.856. The Morgan fingerprint density at radius 1 is 1.29 bits per heavy atom. The van der Waals surface area contributed by atoms with Crippen molar-refractivity contribution in [3.63, 3.8) is 0 Å². The van der Waals surface area contributed by atoms with Gasteiger partial charge in [0.1, 0.15) is 12.1 Å². The molecule has 1 N–H and O–H groups in total. The number of carbonyl (C=O) groups is 1. The number of hydrogen-bond acceptors (Lipinski definition) is 4. The number of nitrogens with one attached hydrogen (secondary N) is 1. The average Bonchev–Trinajstić information content (AvgIpc) is 2.99. The second-order valence-corrected chi connectivity index (χ2v) is 5.62. The number of rotatable bonds is 4. The zero-order chi connectivity index (χ0) is 14.7. The molecule has 5 nitrogen and oxygen atoms in total. The van der Waals surface area contributed by atoms with E-state index in [0.29, 0.717) is 12.6 Å². The van der Waals surface area contributed by atoms with Crippen molar-refractivity contribution in [1.82, 2.24) is 15.3 Å². The monoisotopic (exact) mass is 284 g/mol. The molecule has 0 unspecified atom stereocenters. The minimum absolute atomic E-state index is 0.0621. The minimum Gasteiger partial charge on any atom is -0.352 e. The Hall–Kier alpha value is -2.17. The van der Waals surface area contributed by atoms with Crippen LogP contribution in [0.1, 0.15) is 25.7 Å². The van der Waals surface area contributed by atoms with Crippen molar-refractivity contribution < 1.29 is 4.79 Å². The van der Waals surface area contributed by atoms with Crippen LogP contribution in [0.4, 0.5) is 5.82 Å². The van der Waals surface area contributed by atoms with Gasteiger partial charge in [-0.25, -0.2) is 9.97 Å². The Morgan fingerprint density at radius 3 is 2.86 bits per heavy atom. The number of likely N-dealkylation sites (N-methyl/N-ethyl adjacent to an activating group) is 1. The van der Waals surface area contributed by atoms with Gasteiger partial charge in [0.05, 0.1) is 12.1 Å². The fraction of sp³-hybridized carbons (Fsp3) is 0.438. The van der Waals surface area contributed by atoms with Gasteiger partial charge in [0, 0.05) is 18.5 Å². The molecule has 0 aliphatic heterocycles. The molecule has 1 fully saturated rings. The number of fused-ring (bicyclic) bond motifs is 1. The highest BCUT2D eigenvalue weighted by atomic mass is 16.2. The van der Waals surface area contributed by atoms with Crippen LogP contribution >= 0.6 is 0 Å². The van der Waals surface area contributed by atoms with Crippen molar-refractivity contribution in [3.05, 3.63) is 30.6 Å². The Bertz CT molecular complexity index is 632. The molecule has 21 heavy (non-hydrogen) atoms. The van der Waals surface area contributed by atoms with Gasteiger partial charge in [-0.3, -0.25) is 4.79 Å². The third-order valence-corrected chi connectivity index (χ3v) is 3.98. The first-order valence-corrected chi connectivity index (χ1v) is 7.44. The molecule has 0 spiro atoms. The van der Waals surface area contributed by atoms with Gasteiger partial charge in [0.25, 0.3) is 0 Å². The molecule has 1 amide bonds. The van der Waals surface area contributed by atoms with Crippen LogP contribution < -0.4 is 10.2 Å². The van der Waals surface area contributed by atoms with E-state index < -0.39 is 0 Å². The van der Waals surface area contributed by atoms with Gasteiger partial charge in [-0.1, -0.05) is 25.0 Å². The predicted octanol–water partition coefficient (Wildman–Crippen LogP) is 2.12. The highest BCUT2D eigenvalue weighted by molar-refractivity contribution is 5.91. The average molecular weight is 284 g/mol. The van der Waals surface area contributed by atoms with Gasteiger partial charge >= 0.3 is 0 Å². The van der Waals surface area contributed by atoms with Crippen molar-refractivity contribution in [1.29, 1.82) is 0 Å². The second kappa shape index (κ2) is 6.08. The van der Waals surface area contributed by atoms with Crippen LogP contribution in [0.5, 0.6) is 0 Å². The first-order chi connectivity index (χ1) is 10.2. The van der Waals surface area contributed by atoms with Crippen LogP contribution in [-0.4, -0.2) is 35.5 Å². The number of aromatic nitrogens is 2. The van der Waals surface area contributed by atoms with Crippen LogP contribution in [0.15, 0.2) is 30.6 Å². The van der Waals surface area contributed by atoms with Crippen LogP contribution in [0.25, 0.3) is 10.9 Å². The molecule has 1 saturated carbocycles. The first-order valence-electron chi connectivity index (χ1n) is 7.44. The molecule has 0 saturated heterocycles. The summed E-state index contributed by atoms with van der Waals surface area (Å²) in [6.07, 6.45) is 6.19. The molecule has 3 rings (SSSR count). The Morgan fingerprint density at radius 2 is 2.05 bits per heavy atom. The lowest BCUT2D eigenvalue weighted by atomic mass is 10.2. The highest BCUT2D eigenvalue weighted by Gasteiger charge is 2.18. The smallest absolute Gasteiger partial charge is 0.239 e. The molecule has 1 aromatic heterocycles. The van der Waals surface area contributed by atoms with E-state index in [9.17, 15) is 4.79 Å².